The van der Waals surface area contributed by atoms with Crippen molar-refractivity contribution in [2.24, 2.45) is 5.73 Å². The molecule has 0 fully saturated rings. The monoisotopic (exact) mass is 242 g/mol. The Labute approximate surface area is 97.3 Å². The minimum Gasteiger partial charge on any atom is -0.380 e. The Morgan fingerprint density at radius 3 is 2.94 bits per heavy atom. The number of nitro groups is 1. The summed E-state index contributed by atoms with van der Waals surface area (Å²) in [5, 5.41) is 13.3. The highest BCUT2D eigenvalue weighted by Crippen LogP contribution is 2.13. The van der Waals surface area contributed by atoms with Crippen molar-refractivity contribution in [3.63, 3.8) is 0 Å². The van der Waals surface area contributed by atoms with Gasteiger partial charge in [-0.05, 0) is 18.6 Å². The fourth-order valence-electron chi connectivity index (χ4n) is 1.13. The molecule has 0 saturated carbocycles. The zero-order chi connectivity index (χ0) is 12.1. The Balaban J connectivity index is 2.69. The van der Waals surface area contributed by atoms with Crippen molar-refractivity contribution >= 4 is 11.6 Å². The van der Waals surface area contributed by atoms with Crippen LogP contribution in [-0.2, 0) is 0 Å². The Morgan fingerprint density at radius 1 is 1.75 bits per heavy atom. The van der Waals surface area contributed by atoms with E-state index in [2.05, 4.69) is 10.3 Å². The van der Waals surface area contributed by atoms with Gasteiger partial charge in [0.05, 0.1) is 11.0 Å². The lowest BCUT2D eigenvalue weighted by atomic mass is 10.1. The predicted octanol–water partition coefficient (Wildman–Crippen LogP) is 1.42. The van der Waals surface area contributed by atoms with E-state index in [4.69, 9.17) is 17.3 Å². The summed E-state index contributed by atoms with van der Waals surface area (Å²) >= 11 is 5.63. The highest BCUT2D eigenvalue weighted by molar-refractivity contribution is 6.29. The van der Waals surface area contributed by atoms with E-state index in [1.165, 1.54) is 0 Å². The number of nitrogens with zero attached hydrogens (tertiary/aromatic N) is 2. The van der Waals surface area contributed by atoms with Crippen LogP contribution < -0.4 is 11.1 Å². The van der Waals surface area contributed by atoms with Crippen molar-refractivity contribution < 1.29 is 4.92 Å². The molecule has 0 aromatic carbocycles. The lowest BCUT2D eigenvalue weighted by Gasteiger charge is -2.13. The first kappa shape index (κ1) is 12.3. The summed E-state index contributed by atoms with van der Waals surface area (Å²) < 4.78 is 0. The zero-order valence-corrected chi connectivity index (χ0v) is 9.31. The molecule has 1 unspecified atom stereocenters. The minimum atomic E-state index is -0.616. The summed E-state index contributed by atoms with van der Waals surface area (Å²) in [5.74, 6) is -0.00699. The van der Waals surface area contributed by atoms with Crippen molar-refractivity contribution in [1.29, 1.82) is 0 Å². The van der Waals surface area contributed by atoms with Crippen LogP contribution in [0.25, 0.3) is 0 Å². The normalized spacial score (nSPS) is 13.2. The second kappa shape index (κ2) is 5.32. The second-order valence-corrected chi connectivity index (χ2v) is 3.54. The van der Waals surface area contributed by atoms with Gasteiger partial charge in [-0.3, -0.25) is 10.1 Å². The summed E-state index contributed by atoms with van der Waals surface area (Å²) in [7, 11) is 0. The minimum absolute atomic E-state index is 0.00699. The molecule has 0 aliphatic heterocycles. The topological polar surface area (TPSA) is 94.1 Å². The molecule has 1 heterocycles. The first-order valence-electron chi connectivity index (χ1n) is 4.48. The van der Waals surface area contributed by atoms with Gasteiger partial charge >= 0.3 is 0 Å². The molecule has 1 aromatic rings. The third-order valence-electron chi connectivity index (χ3n) is 1.88. The maximum Gasteiger partial charge on any atom is 0.273 e. The van der Waals surface area contributed by atoms with Gasteiger partial charge in [0.2, 0.25) is 0 Å². The second-order valence-electron chi connectivity index (χ2n) is 3.15. The fraction of sp³-hybridized carbons (Fsp3) is 0.222. The average molecular weight is 243 g/mol. The van der Waals surface area contributed by atoms with Crippen LogP contribution in [-0.4, -0.2) is 9.91 Å². The van der Waals surface area contributed by atoms with E-state index < -0.39 is 4.92 Å². The molecular weight excluding hydrogens is 232 g/mol. The van der Waals surface area contributed by atoms with Crippen LogP contribution in [0.1, 0.15) is 18.5 Å². The van der Waals surface area contributed by atoms with Crippen molar-refractivity contribution in [1.82, 2.24) is 10.3 Å². The fourth-order valence-corrected chi connectivity index (χ4v) is 1.24. The highest BCUT2D eigenvalue weighted by Gasteiger charge is 2.07. The molecular formula is C9H11ClN4O2. The molecule has 16 heavy (non-hydrogen) atoms. The van der Waals surface area contributed by atoms with Crippen molar-refractivity contribution in [3.8, 4) is 0 Å². The van der Waals surface area contributed by atoms with Crippen molar-refractivity contribution in [2.45, 2.75) is 13.0 Å². The summed E-state index contributed by atoms with van der Waals surface area (Å²) in [6.07, 6.45) is 2.29. The molecule has 1 aromatic heterocycles. The van der Waals surface area contributed by atoms with Crippen LogP contribution in [0.3, 0.4) is 0 Å². The Kier molecular flexibility index (Phi) is 4.07. The summed E-state index contributed by atoms with van der Waals surface area (Å²) in [6.45, 7) is 1.81. The van der Waals surface area contributed by atoms with Gasteiger partial charge in [-0.1, -0.05) is 17.7 Å². The van der Waals surface area contributed by atoms with E-state index in [-0.39, 0.29) is 11.9 Å². The molecule has 0 aliphatic rings. The number of hydrogen-bond acceptors (Lipinski definition) is 5. The third-order valence-corrected chi connectivity index (χ3v) is 2.10. The van der Waals surface area contributed by atoms with E-state index in [0.29, 0.717) is 11.4 Å². The molecule has 1 rings (SSSR count). The van der Waals surface area contributed by atoms with Crippen LogP contribution in [0, 0.1) is 10.1 Å². The van der Waals surface area contributed by atoms with Gasteiger partial charge in [0.25, 0.3) is 6.20 Å². The standard InChI is InChI=1S/C9H11ClN4O2/c1-6(13-9(11)5-14(15)16)7-2-3-8(10)12-4-7/h2-6,13H,11H2,1H3. The molecule has 0 spiro atoms. The van der Waals surface area contributed by atoms with Gasteiger partial charge in [0.15, 0.2) is 5.82 Å². The first-order valence-corrected chi connectivity index (χ1v) is 4.85. The number of aromatic nitrogens is 1. The number of pyridine rings is 1. The Hall–Kier alpha value is -1.82. The molecule has 3 N–H and O–H groups in total. The van der Waals surface area contributed by atoms with E-state index >= 15 is 0 Å². The molecule has 0 aliphatic carbocycles. The van der Waals surface area contributed by atoms with Crippen LogP contribution >= 0.6 is 11.6 Å². The van der Waals surface area contributed by atoms with Crippen LogP contribution in [0.4, 0.5) is 0 Å². The zero-order valence-electron chi connectivity index (χ0n) is 8.55. The van der Waals surface area contributed by atoms with Gasteiger partial charge in [-0.15, -0.1) is 0 Å². The average Bonchev–Trinajstić information content (AvgIpc) is 2.16. The van der Waals surface area contributed by atoms with Gasteiger partial charge in [-0.25, -0.2) is 4.98 Å². The first-order chi connectivity index (χ1) is 7.49. The van der Waals surface area contributed by atoms with Crippen LogP contribution in [0.2, 0.25) is 5.15 Å². The smallest absolute Gasteiger partial charge is 0.273 e. The highest BCUT2D eigenvalue weighted by atomic mass is 35.5. The van der Waals surface area contributed by atoms with Gasteiger partial charge in [-0.2, -0.15) is 0 Å². The predicted molar refractivity (Wildman–Crippen MR) is 60.1 cm³/mol. The van der Waals surface area contributed by atoms with Gasteiger partial charge < -0.3 is 11.1 Å². The van der Waals surface area contributed by atoms with E-state index in [1.54, 1.807) is 18.3 Å². The maximum absolute atomic E-state index is 10.2. The van der Waals surface area contributed by atoms with Gasteiger partial charge in [0, 0.05) is 6.20 Å². The largest absolute Gasteiger partial charge is 0.380 e. The third kappa shape index (κ3) is 3.74. The molecule has 86 valence electrons. The molecule has 6 nitrogen and oxygen atoms in total. The molecule has 0 radical (unpaired) electrons. The maximum atomic E-state index is 10.2. The van der Waals surface area contributed by atoms with Crippen molar-refractivity contribution in [2.75, 3.05) is 0 Å². The number of hydrogen-bond donors (Lipinski definition) is 2. The summed E-state index contributed by atoms with van der Waals surface area (Å²) in [6, 6.07) is 3.23. The molecule has 0 saturated heterocycles. The Morgan fingerprint density at radius 2 is 2.44 bits per heavy atom. The SMILES string of the molecule is CC(NC(N)=C[N+](=O)[O-])c1ccc(Cl)nc1. The number of rotatable bonds is 4. The van der Waals surface area contributed by atoms with E-state index in [0.717, 1.165) is 5.56 Å². The molecule has 7 heteroatoms. The summed E-state index contributed by atoms with van der Waals surface area (Å²) in [5.41, 5.74) is 6.24. The quantitative estimate of drug-likeness (QED) is 0.473. The lowest BCUT2D eigenvalue weighted by molar-refractivity contribution is -0.403. The van der Waals surface area contributed by atoms with E-state index in [9.17, 15) is 10.1 Å². The number of nitrogens with one attached hydrogen (secondary N) is 1. The van der Waals surface area contributed by atoms with Crippen molar-refractivity contribution in [3.05, 3.63) is 51.2 Å². The molecule has 0 amide bonds. The molecule has 0 bridgehead atoms. The Bertz CT molecular complexity index is 404. The van der Waals surface area contributed by atoms with Gasteiger partial charge in [0.1, 0.15) is 5.15 Å². The summed E-state index contributed by atoms with van der Waals surface area (Å²) in [4.78, 5) is 13.4. The van der Waals surface area contributed by atoms with Crippen LogP contribution in [0.5, 0.6) is 0 Å². The number of halogens is 1. The van der Waals surface area contributed by atoms with E-state index in [1.807, 2.05) is 6.92 Å². The number of nitrogens with two attached hydrogens (primary N) is 1. The lowest BCUT2D eigenvalue weighted by Crippen LogP contribution is -2.24. The van der Waals surface area contributed by atoms with Crippen LogP contribution in [0.15, 0.2) is 30.4 Å². The molecule has 1 atom stereocenters.